The van der Waals surface area contributed by atoms with Gasteiger partial charge in [-0.2, -0.15) is 15.1 Å². The van der Waals surface area contributed by atoms with Crippen molar-refractivity contribution < 1.29 is 39.1 Å². The number of halogens is 1. The van der Waals surface area contributed by atoms with E-state index in [9.17, 15) is 14.8 Å². The van der Waals surface area contributed by atoms with Gasteiger partial charge in [0.05, 0.1) is 24.8 Å². The summed E-state index contributed by atoms with van der Waals surface area (Å²) in [7, 11) is -4.71. The van der Waals surface area contributed by atoms with Crippen LogP contribution < -0.4 is 5.32 Å². The molecule has 2 fully saturated rings. The van der Waals surface area contributed by atoms with E-state index >= 15 is 0 Å². The maximum absolute atomic E-state index is 11.3. The highest BCUT2D eigenvalue weighted by Gasteiger charge is 2.46. The van der Waals surface area contributed by atoms with Crippen molar-refractivity contribution in [2.75, 3.05) is 25.1 Å². The number of fused-ring (bicyclic) bond motifs is 1. The number of hydrogen-bond donors (Lipinski definition) is 6. The number of anilines is 1. The Morgan fingerprint density at radius 3 is 2.71 bits per heavy atom. The Hall–Kier alpha value is -1.41. The van der Waals surface area contributed by atoms with Crippen molar-refractivity contribution in [1.29, 1.82) is 0 Å². The molecule has 2 aliphatic rings. The monoisotopic (exact) mass is 479 g/mol. The molecule has 3 heterocycles. The molecule has 0 radical (unpaired) electrons. The summed E-state index contributed by atoms with van der Waals surface area (Å²) >= 11 is 6.05. The lowest BCUT2D eigenvalue weighted by molar-refractivity contribution is -0.0807. The fourth-order valence-corrected chi connectivity index (χ4v) is 3.97. The molecule has 2 aromatic heterocycles. The van der Waals surface area contributed by atoms with E-state index in [-0.39, 0.29) is 10.9 Å². The molecule has 2 aromatic rings. The van der Waals surface area contributed by atoms with E-state index in [4.69, 9.17) is 36.0 Å². The summed E-state index contributed by atoms with van der Waals surface area (Å²) in [4.78, 5) is 26.7. The highest BCUT2D eigenvalue weighted by atomic mass is 35.5. The fraction of sp³-hybridized carbons (Fsp3) is 0.688. The van der Waals surface area contributed by atoms with Gasteiger partial charge in [-0.3, -0.25) is 4.57 Å². The zero-order valence-electron chi connectivity index (χ0n) is 16.2. The van der Waals surface area contributed by atoms with Crippen LogP contribution in [0.1, 0.15) is 19.1 Å². The van der Waals surface area contributed by atoms with Crippen LogP contribution in [-0.4, -0.2) is 88.8 Å². The minimum atomic E-state index is -4.71. The maximum atomic E-state index is 11.3. The molecular weight excluding hydrogens is 457 g/mol. The van der Waals surface area contributed by atoms with Crippen molar-refractivity contribution in [2.45, 2.75) is 43.2 Å². The van der Waals surface area contributed by atoms with Gasteiger partial charge in [0.2, 0.25) is 5.28 Å². The molecule has 4 rings (SSSR count). The predicted molar refractivity (Wildman–Crippen MR) is 106 cm³/mol. The largest absolute Gasteiger partial charge is 0.393 e. The smallest absolute Gasteiger partial charge is 0.356 e. The first-order valence-electron chi connectivity index (χ1n) is 9.63. The average molecular weight is 480 g/mol. The number of aliphatic hydroxyl groups excluding tert-OH is 3. The van der Waals surface area contributed by atoms with Gasteiger partial charge >= 0.3 is 7.60 Å². The zero-order valence-corrected chi connectivity index (χ0v) is 17.8. The van der Waals surface area contributed by atoms with Gasteiger partial charge in [0.15, 0.2) is 17.7 Å². The van der Waals surface area contributed by atoms with Crippen LogP contribution in [0.4, 0.5) is 5.82 Å². The van der Waals surface area contributed by atoms with E-state index in [1.54, 1.807) is 0 Å². The van der Waals surface area contributed by atoms with Crippen molar-refractivity contribution in [3.05, 3.63) is 11.5 Å². The second-order valence-electron chi connectivity index (χ2n) is 7.60. The molecule has 172 valence electrons. The molecule has 0 bridgehead atoms. The molecular formula is C16H23ClN5O8P. The molecule has 15 heteroatoms. The number of nitrogens with one attached hydrogen (secondary N) is 1. The SMILES string of the molecule is O=P(O)(O)C(CO)OC[C@H]1O[C@@H](n2ncc3c(NCC4CC4)nc(Cl)nc32)[C@H](O)[C@@H]1O. The summed E-state index contributed by atoms with van der Waals surface area (Å²) in [5.41, 5.74) is 0.277. The van der Waals surface area contributed by atoms with Gasteiger partial charge in [-0.05, 0) is 30.4 Å². The van der Waals surface area contributed by atoms with Crippen molar-refractivity contribution in [3.8, 4) is 0 Å². The normalized spacial score (nSPS) is 27.7. The van der Waals surface area contributed by atoms with Crippen molar-refractivity contribution in [2.24, 2.45) is 5.92 Å². The van der Waals surface area contributed by atoms with E-state index in [0.717, 1.165) is 19.4 Å². The Morgan fingerprint density at radius 2 is 2.06 bits per heavy atom. The average Bonchev–Trinajstić information content (AvgIpc) is 3.38. The number of nitrogens with zero attached hydrogens (tertiary/aromatic N) is 4. The molecule has 0 spiro atoms. The van der Waals surface area contributed by atoms with Crippen LogP contribution in [0.2, 0.25) is 5.28 Å². The molecule has 6 N–H and O–H groups in total. The summed E-state index contributed by atoms with van der Waals surface area (Å²) in [6.07, 6.45) is -1.38. The first kappa shape index (κ1) is 22.8. The van der Waals surface area contributed by atoms with Crippen LogP contribution in [0, 0.1) is 5.92 Å². The van der Waals surface area contributed by atoms with Crippen LogP contribution in [-0.2, 0) is 14.0 Å². The fourth-order valence-electron chi connectivity index (χ4n) is 3.31. The number of rotatable bonds is 9. The highest BCUT2D eigenvalue weighted by Crippen LogP contribution is 2.42. The van der Waals surface area contributed by atoms with Gasteiger partial charge in [0, 0.05) is 6.54 Å². The molecule has 0 aromatic carbocycles. The van der Waals surface area contributed by atoms with Crippen LogP contribution in [0.5, 0.6) is 0 Å². The molecule has 5 atom stereocenters. The van der Waals surface area contributed by atoms with Gasteiger partial charge in [-0.15, -0.1) is 0 Å². The molecule has 1 aliphatic carbocycles. The summed E-state index contributed by atoms with van der Waals surface area (Å²) in [5.74, 6) is -0.684. The Labute approximate surface area is 181 Å². The molecule has 13 nitrogen and oxygen atoms in total. The van der Waals surface area contributed by atoms with Crippen molar-refractivity contribution >= 4 is 36.0 Å². The van der Waals surface area contributed by atoms with Crippen molar-refractivity contribution in [3.63, 3.8) is 0 Å². The number of hydrogen-bond acceptors (Lipinski definition) is 10. The summed E-state index contributed by atoms with van der Waals surface area (Å²) in [6.45, 7) is -0.664. The summed E-state index contributed by atoms with van der Waals surface area (Å²) in [6, 6.07) is 0. The first-order chi connectivity index (χ1) is 14.7. The van der Waals surface area contributed by atoms with Gasteiger partial charge in [0.1, 0.15) is 24.1 Å². The third kappa shape index (κ3) is 4.85. The number of aromatic nitrogens is 4. The van der Waals surface area contributed by atoms with E-state index in [1.165, 1.54) is 10.9 Å². The quantitative estimate of drug-likeness (QED) is 0.198. The lowest BCUT2D eigenvalue weighted by Gasteiger charge is -2.20. The lowest BCUT2D eigenvalue weighted by atomic mass is 10.1. The standard InChI is InChI=1S/C16H23ClN5O8P/c17-16-20-13(18-3-7-1-2-7)8-4-19-22(14(8)21-16)15-12(25)11(24)9(30-15)6-29-10(5-23)31(26,27)28/h4,7,9-12,15,23-25H,1-3,5-6H2,(H,18,20,21)(H2,26,27,28)/t9-,10?,11-,12-,15-/m1/s1. The molecule has 1 aliphatic heterocycles. The first-order valence-corrected chi connectivity index (χ1v) is 11.7. The van der Waals surface area contributed by atoms with Gasteiger partial charge in [0.25, 0.3) is 0 Å². The molecule has 0 amide bonds. The van der Waals surface area contributed by atoms with Crippen LogP contribution in [0.15, 0.2) is 6.20 Å². The highest BCUT2D eigenvalue weighted by molar-refractivity contribution is 7.52. The second-order valence-corrected chi connectivity index (χ2v) is 9.69. The summed E-state index contributed by atoms with van der Waals surface area (Å²) < 4.78 is 23.2. The van der Waals surface area contributed by atoms with E-state index in [0.29, 0.717) is 17.1 Å². The molecule has 1 unspecified atom stereocenters. The number of aliphatic hydroxyl groups is 3. The lowest BCUT2D eigenvalue weighted by Crippen LogP contribution is -2.35. The number of ether oxygens (including phenoxy) is 2. The van der Waals surface area contributed by atoms with Crippen LogP contribution in [0.3, 0.4) is 0 Å². The van der Waals surface area contributed by atoms with E-state index < -0.39 is 51.2 Å². The van der Waals surface area contributed by atoms with E-state index in [2.05, 4.69) is 20.4 Å². The van der Waals surface area contributed by atoms with Gasteiger partial charge in [-0.1, -0.05) is 0 Å². The topological polar surface area (TPSA) is 192 Å². The summed E-state index contributed by atoms with van der Waals surface area (Å²) in [5, 5.41) is 37.8. The van der Waals surface area contributed by atoms with Gasteiger partial charge in [-0.25, -0.2) is 4.68 Å². The Bertz CT molecular complexity index is 984. The Kier molecular flexibility index (Phi) is 6.50. The third-order valence-corrected chi connectivity index (χ3v) is 6.48. The van der Waals surface area contributed by atoms with Crippen LogP contribution >= 0.6 is 19.2 Å². The third-order valence-electron chi connectivity index (χ3n) is 5.24. The van der Waals surface area contributed by atoms with Crippen LogP contribution in [0.25, 0.3) is 11.0 Å². The molecule has 1 saturated carbocycles. The zero-order chi connectivity index (χ0) is 22.3. The molecule has 1 saturated heterocycles. The minimum Gasteiger partial charge on any atom is -0.393 e. The van der Waals surface area contributed by atoms with Crippen molar-refractivity contribution in [1.82, 2.24) is 19.7 Å². The minimum absolute atomic E-state index is 0.0344. The second kappa shape index (κ2) is 8.85. The Morgan fingerprint density at radius 1 is 1.32 bits per heavy atom. The predicted octanol–water partition coefficient (Wildman–Crippen LogP) is -0.567. The van der Waals surface area contributed by atoms with Gasteiger partial charge < -0.3 is 39.9 Å². The van der Waals surface area contributed by atoms with E-state index in [1.807, 2.05) is 0 Å². The molecule has 31 heavy (non-hydrogen) atoms. The Balaban J connectivity index is 1.53. The maximum Gasteiger partial charge on any atom is 0.356 e.